The molecule has 0 radical (unpaired) electrons. The van der Waals surface area contributed by atoms with E-state index in [0.29, 0.717) is 5.92 Å². The van der Waals surface area contributed by atoms with E-state index >= 15 is 0 Å². The summed E-state index contributed by atoms with van der Waals surface area (Å²) in [5.41, 5.74) is 0.996. The average Bonchev–Trinajstić information content (AvgIpc) is 2.73. The molecule has 0 saturated heterocycles. The topological polar surface area (TPSA) is 9.23 Å². The van der Waals surface area contributed by atoms with Crippen LogP contribution in [0.15, 0.2) is 24.3 Å². The molecule has 0 atom stereocenters. The third-order valence-electron chi connectivity index (χ3n) is 7.42. The van der Waals surface area contributed by atoms with Gasteiger partial charge in [-0.25, -0.2) is 0 Å². The van der Waals surface area contributed by atoms with Gasteiger partial charge in [-0.1, -0.05) is 70.4 Å². The summed E-state index contributed by atoms with van der Waals surface area (Å²) >= 11 is 0. The SMILES string of the molecule is CCCC1CCC(CCC2CCC(c3ccc(OC(F)(F)C(F)(F)F)cc3)CC2)CC1. The first-order valence-corrected chi connectivity index (χ1v) is 11.9. The van der Waals surface area contributed by atoms with Gasteiger partial charge < -0.3 is 4.74 Å². The van der Waals surface area contributed by atoms with Crippen LogP contribution < -0.4 is 4.74 Å². The van der Waals surface area contributed by atoms with Gasteiger partial charge in [0.1, 0.15) is 5.75 Å². The van der Waals surface area contributed by atoms with Crippen molar-refractivity contribution in [2.75, 3.05) is 0 Å². The van der Waals surface area contributed by atoms with Gasteiger partial charge in [-0.15, -0.1) is 0 Å². The van der Waals surface area contributed by atoms with Gasteiger partial charge in [0, 0.05) is 0 Å². The zero-order valence-corrected chi connectivity index (χ0v) is 18.4. The summed E-state index contributed by atoms with van der Waals surface area (Å²) < 4.78 is 66.8. The monoisotopic (exact) mass is 446 g/mol. The standard InChI is InChI=1S/C25H35F5O/c1-2-3-18-4-6-19(7-5-18)8-9-20-10-12-21(13-11-20)22-14-16-23(17-15-22)31-25(29,30)24(26,27)28/h14-21H,2-13H2,1H3. The van der Waals surface area contributed by atoms with Crippen molar-refractivity contribution in [3.05, 3.63) is 29.8 Å². The third kappa shape index (κ3) is 6.82. The second kappa shape index (κ2) is 10.5. The minimum atomic E-state index is -5.72. The quantitative estimate of drug-likeness (QED) is 0.362. The molecule has 0 N–H and O–H groups in total. The van der Waals surface area contributed by atoms with E-state index in [9.17, 15) is 22.0 Å². The van der Waals surface area contributed by atoms with Crippen molar-refractivity contribution in [2.24, 2.45) is 17.8 Å². The number of hydrogen-bond donors (Lipinski definition) is 0. The number of halogens is 5. The van der Waals surface area contributed by atoms with Crippen molar-refractivity contribution in [1.29, 1.82) is 0 Å². The van der Waals surface area contributed by atoms with E-state index in [-0.39, 0.29) is 0 Å². The largest absolute Gasteiger partial charge is 0.499 e. The lowest BCUT2D eigenvalue weighted by Gasteiger charge is -2.32. The zero-order chi connectivity index (χ0) is 22.5. The van der Waals surface area contributed by atoms with Gasteiger partial charge in [-0.3, -0.25) is 0 Å². The zero-order valence-electron chi connectivity index (χ0n) is 18.4. The molecule has 0 bridgehead atoms. The Hall–Kier alpha value is -1.33. The lowest BCUT2D eigenvalue weighted by atomic mass is 9.74. The summed E-state index contributed by atoms with van der Waals surface area (Å²) in [5.74, 6) is 2.49. The fourth-order valence-corrected chi connectivity index (χ4v) is 5.49. The lowest BCUT2D eigenvalue weighted by Crippen LogP contribution is -2.41. The molecule has 0 spiro atoms. The molecule has 6 heteroatoms. The van der Waals surface area contributed by atoms with Crippen LogP contribution in [0.3, 0.4) is 0 Å². The van der Waals surface area contributed by atoms with Gasteiger partial charge in [0.25, 0.3) is 0 Å². The van der Waals surface area contributed by atoms with Crippen LogP contribution in [0.2, 0.25) is 0 Å². The summed E-state index contributed by atoms with van der Waals surface area (Å²) in [5, 5.41) is 0. The second-order valence-electron chi connectivity index (χ2n) is 9.66. The van der Waals surface area contributed by atoms with E-state index < -0.39 is 18.0 Å². The molecular weight excluding hydrogens is 411 g/mol. The van der Waals surface area contributed by atoms with Crippen molar-refractivity contribution >= 4 is 0 Å². The molecule has 3 rings (SSSR count). The van der Waals surface area contributed by atoms with Gasteiger partial charge >= 0.3 is 12.3 Å². The van der Waals surface area contributed by atoms with Crippen LogP contribution in [0.1, 0.15) is 95.5 Å². The fourth-order valence-electron chi connectivity index (χ4n) is 5.49. The first-order valence-electron chi connectivity index (χ1n) is 11.9. The van der Waals surface area contributed by atoms with E-state index in [1.807, 2.05) is 0 Å². The molecule has 2 saturated carbocycles. The minimum Gasteiger partial charge on any atom is -0.426 e. The van der Waals surface area contributed by atoms with Crippen molar-refractivity contribution in [3.63, 3.8) is 0 Å². The molecule has 1 aromatic rings. The number of rotatable bonds is 8. The molecule has 31 heavy (non-hydrogen) atoms. The highest BCUT2D eigenvalue weighted by Crippen LogP contribution is 2.41. The number of benzene rings is 1. The van der Waals surface area contributed by atoms with Gasteiger partial charge in [0.2, 0.25) is 0 Å². The molecule has 1 aromatic carbocycles. The summed E-state index contributed by atoms with van der Waals surface area (Å²) in [6.07, 6.45) is 4.44. The summed E-state index contributed by atoms with van der Waals surface area (Å²) in [7, 11) is 0. The van der Waals surface area contributed by atoms with E-state index in [2.05, 4.69) is 11.7 Å². The molecule has 2 fully saturated rings. The highest BCUT2D eigenvalue weighted by atomic mass is 19.4. The van der Waals surface area contributed by atoms with E-state index in [0.717, 1.165) is 36.2 Å². The molecule has 0 heterocycles. The van der Waals surface area contributed by atoms with Crippen molar-refractivity contribution in [3.8, 4) is 5.75 Å². The molecule has 2 aliphatic carbocycles. The predicted molar refractivity (Wildman–Crippen MR) is 112 cm³/mol. The Morgan fingerprint density at radius 3 is 1.61 bits per heavy atom. The summed E-state index contributed by atoms with van der Waals surface area (Å²) in [4.78, 5) is 0. The summed E-state index contributed by atoms with van der Waals surface area (Å²) in [6.45, 7) is 2.27. The minimum absolute atomic E-state index is 0.345. The van der Waals surface area contributed by atoms with E-state index in [1.54, 1.807) is 12.1 Å². The molecule has 2 aliphatic rings. The highest BCUT2D eigenvalue weighted by molar-refractivity contribution is 5.30. The first kappa shape index (κ1) is 24.3. The van der Waals surface area contributed by atoms with Gasteiger partial charge in [0.05, 0.1) is 0 Å². The van der Waals surface area contributed by atoms with Crippen molar-refractivity contribution in [2.45, 2.75) is 102 Å². The molecule has 0 amide bonds. The van der Waals surface area contributed by atoms with Crippen molar-refractivity contribution in [1.82, 2.24) is 0 Å². The molecular formula is C25H35F5O. The Labute approximate surface area is 182 Å². The molecule has 0 aliphatic heterocycles. The smallest absolute Gasteiger partial charge is 0.426 e. The van der Waals surface area contributed by atoms with Gasteiger partial charge in [0.15, 0.2) is 0 Å². The highest BCUT2D eigenvalue weighted by Gasteiger charge is 2.61. The number of ether oxygens (including phenoxy) is 1. The van der Waals surface area contributed by atoms with Crippen LogP contribution in [-0.4, -0.2) is 12.3 Å². The maximum atomic E-state index is 13.0. The van der Waals surface area contributed by atoms with Crippen LogP contribution in [0.25, 0.3) is 0 Å². The lowest BCUT2D eigenvalue weighted by molar-refractivity contribution is -0.360. The van der Waals surface area contributed by atoms with E-state index in [1.165, 1.54) is 76.3 Å². The molecule has 0 aromatic heterocycles. The maximum absolute atomic E-state index is 13.0. The Kier molecular flexibility index (Phi) is 8.25. The van der Waals surface area contributed by atoms with Crippen LogP contribution in [0.5, 0.6) is 5.75 Å². The third-order valence-corrected chi connectivity index (χ3v) is 7.42. The van der Waals surface area contributed by atoms with Gasteiger partial charge in [-0.05, 0) is 67.1 Å². The Bertz CT molecular complexity index is 653. The van der Waals surface area contributed by atoms with E-state index in [4.69, 9.17) is 0 Å². The maximum Gasteiger partial charge on any atom is 0.499 e. The first-order chi connectivity index (χ1) is 14.7. The predicted octanol–water partition coefficient (Wildman–Crippen LogP) is 8.88. The number of alkyl halides is 5. The normalized spacial score (nSPS) is 27.8. The van der Waals surface area contributed by atoms with Crippen LogP contribution in [-0.2, 0) is 0 Å². The average molecular weight is 447 g/mol. The Balaban J connectivity index is 1.40. The van der Waals surface area contributed by atoms with Crippen LogP contribution >= 0.6 is 0 Å². The molecule has 176 valence electrons. The molecule has 1 nitrogen and oxygen atoms in total. The molecule has 0 unspecified atom stereocenters. The Morgan fingerprint density at radius 2 is 1.16 bits per heavy atom. The Morgan fingerprint density at radius 1 is 0.710 bits per heavy atom. The number of hydrogen-bond acceptors (Lipinski definition) is 1. The fraction of sp³-hybridized carbons (Fsp3) is 0.760. The van der Waals surface area contributed by atoms with Crippen LogP contribution in [0, 0.1) is 17.8 Å². The van der Waals surface area contributed by atoms with Crippen LogP contribution in [0.4, 0.5) is 22.0 Å². The van der Waals surface area contributed by atoms with Gasteiger partial charge in [-0.2, -0.15) is 22.0 Å². The second-order valence-corrected chi connectivity index (χ2v) is 9.66. The van der Waals surface area contributed by atoms with Crippen molar-refractivity contribution < 1.29 is 26.7 Å². The summed E-state index contributed by atoms with van der Waals surface area (Å²) in [6, 6.07) is 5.69.